The van der Waals surface area contributed by atoms with Crippen LogP contribution in [-0.4, -0.2) is 16.7 Å². The number of carbonyl (C=O) groups is 2. The fraction of sp³-hybridized carbons (Fsp3) is 0.467. The number of ketones is 2. The molecule has 96 valence electrons. The van der Waals surface area contributed by atoms with Crippen molar-refractivity contribution in [3.05, 3.63) is 29.3 Å². The highest BCUT2D eigenvalue weighted by Gasteiger charge is 2.40. The van der Waals surface area contributed by atoms with Crippen LogP contribution < -0.4 is 0 Å². The zero-order chi connectivity index (χ0) is 13.5. The molecule has 3 heteroatoms. The topological polar surface area (TPSA) is 54.4 Å². The molecule has 1 N–H and O–H groups in total. The van der Waals surface area contributed by atoms with Crippen molar-refractivity contribution in [2.75, 3.05) is 0 Å². The van der Waals surface area contributed by atoms with Crippen LogP contribution in [0.25, 0.3) is 0 Å². The quantitative estimate of drug-likeness (QED) is 0.775. The van der Waals surface area contributed by atoms with E-state index in [0.29, 0.717) is 18.4 Å². The van der Waals surface area contributed by atoms with Crippen molar-refractivity contribution in [1.82, 2.24) is 0 Å². The molecule has 3 nitrogen and oxygen atoms in total. The van der Waals surface area contributed by atoms with Crippen LogP contribution in [0, 0.1) is 12.3 Å². The molecule has 0 amide bonds. The van der Waals surface area contributed by atoms with Crippen LogP contribution in [0.2, 0.25) is 0 Å². The minimum Gasteiger partial charge on any atom is -0.508 e. The third-order valence-corrected chi connectivity index (χ3v) is 3.52. The summed E-state index contributed by atoms with van der Waals surface area (Å²) >= 11 is 0. The summed E-state index contributed by atoms with van der Waals surface area (Å²) in [5.41, 5.74) is 1.29. The van der Waals surface area contributed by atoms with Gasteiger partial charge >= 0.3 is 0 Å². The van der Waals surface area contributed by atoms with Gasteiger partial charge in [0.25, 0.3) is 0 Å². The number of aryl methyl sites for hydroxylation is 1. The van der Waals surface area contributed by atoms with Gasteiger partial charge in [0, 0.05) is 12.8 Å². The molecule has 1 aromatic carbocycles. The Bertz CT molecular complexity index is 494. The molecular formula is C15H18O3. The number of phenols is 1. The van der Waals surface area contributed by atoms with Crippen LogP contribution in [-0.2, 0) is 9.59 Å². The van der Waals surface area contributed by atoms with E-state index in [4.69, 9.17) is 0 Å². The highest BCUT2D eigenvalue weighted by Crippen LogP contribution is 2.39. The summed E-state index contributed by atoms with van der Waals surface area (Å²) in [6.07, 6.45) is 0.830. The summed E-state index contributed by atoms with van der Waals surface area (Å²) in [5, 5.41) is 9.52. The summed E-state index contributed by atoms with van der Waals surface area (Å²) in [4.78, 5) is 24.4. The molecule has 0 heterocycles. The Labute approximate surface area is 107 Å². The van der Waals surface area contributed by atoms with E-state index in [9.17, 15) is 14.7 Å². The summed E-state index contributed by atoms with van der Waals surface area (Å²) < 4.78 is 0. The van der Waals surface area contributed by atoms with Crippen molar-refractivity contribution in [3.63, 3.8) is 0 Å². The number of aromatic hydroxyl groups is 1. The average Bonchev–Trinajstić information content (AvgIpc) is 2.20. The third kappa shape index (κ3) is 2.30. The van der Waals surface area contributed by atoms with E-state index >= 15 is 0 Å². The number of benzene rings is 1. The van der Waals surface area contributed by atoms with E-state index in [1.165, 1.54) is 6.07 Å². The highest BCUT2D eigenvalue weighted by molar-refractivity contribution is 6.10. The van der Waals surface area contributed by atoms with Gasteiger partial charge in [0.2, 0.25) is 0 Å². The van der Waals surface area contributed by atoms with Gasteiger partial charge in [-0.1, -0.05) is 19.9 Å². The summed E-state index contributed by atoms with van der Waals surface area (Å²) in [6.45, 7) is 5.73. The lowest BCUT2D eigenvalue weighted by atomic mass is 9.69. The molecule has 0 spiro atoms. The maximum Gasteiger partial charge on any atom is 0.148 e. The predicted molar refractivity (Wildman–Crippen MR) is 68.6 cm³/mol. The Hall–Kier alpha value is -1.64. The van der Waals surface area contributed by atoms with Crippen LogP contribution in [0.5, 0.6) is 5.75 Å². The second kappa shape index (κ2) is 4.23. The first-order valence-corrected chi connectivity index (χ1v) is 6.15. The van der Waals surface area contributed by atoms with Crippen LogP contribution >= 0.6 is 0 Å². The normalized spacial score (nSPS) is 20.2. The maximum atomic E-state index is 12.2. The molecule has 0 saturated heterocycles. The van der Waals surface area contributed by atoms with Gasteiger partial charge in [-0.25, -0.2) is 0 Å². The Morgan fingerprint density at radius 1 is 1.17 bits per heavy atom. The Morgan fingerprint density at radius 3 is 2.28 bits per heavy atom. The first kappa shape index (κ1) is 12.8. The number of phenolic OH excluding ortho intramolecular Hbond substituents is 1. The summed E-state index contributed by atoms with van der Waals surface area (Å²) in [7, 11) is 0. The van der Waals surface area contributed by atoms with Gasteiger partial charge in [0.15, 0.2) is 0 Å². The van der Waals surface area contributed by atoms with Crippen LogP contribution in [0.15, 0.2) is 18.2 Å². The highest BCUT2D eigenvalue weighted by atomic mass is 16.3. The molecule has 1 aliphatic carbocycles. The zero-order valence-electron chi connectivity index (χ0n) is 11.0. The zero-order valence-corrected chi connectivity index (χ0v) is 11.0. The number of hydrogen-bond acceptors (Lipinski definition) is 3. The van der Waals surface area contributed by atoms with Gasteiger partial charge < -0.3 is 5.11 Å². The lowest BCUT2D eigenvalue weighted by Crippen LogP contribution is -2.36. The molecule has 0 radical (unpaired) electrons. The lowest BCUT2D eigenvalue weighted by molar-refractivity contribution is -0.135. The molecule has 1 aliphatic rings. The molecule has 1 fully saturated rings. The number of rotatable bonds is 1. The van der Waals surface area contributed by atoms with E-state index in [1.807, 2.05) is 20.8 Å². The van der Waals surface area contributed by atoms with Gasteiger partial charge in [0.1, 0.15) is 23.2 Å². The Kier molecular flexibility index (Phi) is 3.01. The number of Topliss-reactive ketones (excluding diaryl/α,β-unsaturated/α-hetero) is 2. The SMILES string of the molecule is Cc1ccc(O)cc1C1C(=O)CC(C)(C)CC1=O. The van der Waals surface area contributed by atoms with Gasteiger partial charge in [-0.2, -0.15) is 0 Å². The smallest absolute Gasteiger partial charge is 0.148 e. The molecule has 1 aromatic rings. The summed E-state index contributed by atoms with van der Waals surface area (Å²) in [6, 6.07) is 4.85. The maximum absolute atomic E-state index is 12.2. The first-order valence-electron chi connectivity index (χ1n) is 6.15. The standard InChI is InChI=1S/C15H18O3/c1-9-4-5-10(16)6-11(9)14-12(17)7-15(2,3)8-13(14)18/h4-6,14,16H,7-8H2,1-3H3. The minimum absolute atomic E-state index is 0.0371. The fourth-order valence-electron chi connectivity index (χ4n) is 2.68. The van der Waals surface area contributed by atoms with E-state index in [2.05, 4.69) is 0 Å². The van der Waals surface area contributed by atoms with Gasteiger partial charge in [-0.3, -0.25) is 9.59 Å². The van der Waals surface area contributed by atoms with Crippen LogP contribution in [0.3, 0.4) is 0 Å². The molecule has 0 bridgehead atoms. The molecule has 0 aromatic heterocycles. The molecule has 2 rings (SSSR count). The number of carbonyl (C=O) groups excluding carboxylic acids is 2. The van der Waals surface area contributed by atoms with Gasteiger partial charge in [-0.05, 0) is 35.6 Å². The van der Waals surface area contributed by atoms with E-state index in [-0.39, 0.29) is 22.7 Å². The van der Waals surface area contributed by atoms with E-state index in [0.717, 1.165) is 5.56 Å². The average molecular weight is 246 g/mol. The predicted octanol–water partition coefficient (Wildman–Crippen LogP) is 2.74. The largest absolute Gasteiger partial charge is 0.508 e. The fourth-order valence-corrected chi connectivity index (χ4v) is 2.68. The monoisotopic (exact) mass is 246 g/mol. The van der Waals surface area contributed by atoms with Crippen LogP contribution in [0.4, 0.5) is 0 Å². The van der Waals surface area contributed by atoms with Gasteiger partial charge in [-0.15, -0.1) is 0 Å². The molecule has 18 heavy (non-hydrogen) atoms. The van der Waals surface area contributed by atoms with Crippen molar-refractivity contribution >= 4 is 11.6 Å². The van der Waals surface area contributed by atoms with Crippen molar-refractivity contribution in [2.24, 2.45) is 5.41 Å². The molecular weight excluding hydrogens is 228 g/mol. The van der Waals surface area contributed by atoms with Crippen molar-refractivity contribution < 1.29 is 14.7 Å². The van der Waals surface area contributed by atoms with Crippen molar-refractivity contribution in [3.8, 4) is 5.75 Å². The Balaban J connectivity index is 2.42. The molecule has 1 saturated carbocycles. The molecule has 0 aliphatic heterocycles. The molecule has 0 unspecified atom stereocenters. The van der Waals surface area contributed by atoms with Crippen molar-refractivity contribution in [2.45, 2.75) is 39.5 Å². The lowest BCUT2D eigenvalue weighted by Gasteiger charge is -2.32. The van der Waals surface area contributed by atoms with Gasteiger partial charge in [0.05, 0.1) is 0 Å². The van der Waals surface area contributed by atoms with Crippen molar-refractivity contribution in [1.29, 1.82) is 0 Å². The second-order valence-corrected chi connectivity index (χ2v) is 5.92. The second-order valence-electron chi connectivity index (χ2n) is 5.92. The van der Waals surface area contributed by atoms with E-state index < -0.39 is 5.92 Å². The minimum atomic E-state index is -0.690. The third-order valence-electron chi connectivity index (χ3n) is 3.52. The molecule has 0 atom stereocenters. The first-order chi connectivity index (χ1) is 8.30. The Morgan fingerprint density at radius 2 is 1.72 bits per heavy atom. The van der Waals surface area contributed by atoms with E-state index in [1.54, 1.807) is 12.1 Å². The summed E-state index contributed by atoms with van der Waals surface area (Å²) in [5.74, 6) is -0.666. The van der Waals surface area contributed by atoms with Crippen LogP contribution in [0.1, 0.15) is 43.7 Å². The number of hydrogen-bond donors (Lipinski definition) is 1.